The lowest BCUT2D eigenvalue weighted by Gasteiger charge is -2.42. The number of ether oxygens (including phenoxy) is 1. The molecule has 0 radical (unpaired) electrons. The third-order valence-corrected chi connectivity index (χ3v) is 10.6. The lowest BCUT2D eigenvalue weighted by Crippen LogP contribution is -2.50. The molecule has 0 N–H and O–H groups in total. The van der Waals surface area contributed by atoms with Crippen molar-refractivity contribution >= 4 is 24.2 Å². The molecule has 0 aromatic heterocycles. The predicted octanol–water partition coefficient (Wildman–Crippen LogP) is 6.01. The van der Waals surface area contributed by atoms with E-state index in [2.05, 4.69) is 57.5 Å². The van der Waals surface area contributed by atoms with Gasteiger partial charge in [0.2, 0.25) is 0 Å². The Bertz CT molecular complexity index is 422. The summed E-state index contributed by atoms with van der Waals surface area (Å²) in [5.74, 6) is 1.68. The average Bonchev–Trinajstić information content (AvgIpc) is 2.34. The van der Waals surface area contributed by atoms with E-state index < -0.39 is 8.32 Å². The van der Waals surface area contributed by atoms with Gasteiger partial charge < -0.3 is 9.16 Å². The summed E-state index contributed by atoms with van der Waals surface area (Å²) >= 11 is 3.52. The van der Waals surface area contributed by atoms with E-state index in [4.69, 9.17) is 9.16 Å². The number of hydrogen-bond donors (Lipinski definition) is 0. The van der Waals surface area contributed by atoms with Gasteiger partial charge in [-0.05, 0) is 34.8 Å². The molecule has 0 heterocycles. The maximum absolute atomic E-state index is 6.67. The molecule has 0 spiro atoms. The van der Waals surface area contributed by atoms with Crippen LogP contribution >= 0.6 is 15.9 Å². The molecule has 0 aliphatic heterocycles. The van der Waals surface area contributed by atoms with Crippen molar-refractivity contribution in [3.8, 4) is 11.5 Å². The fraction of sp³-hybridized carbons (Fsp3) is 0.625. The monoisotopic (exact) mass is 358 g/mol. The largest absolute Gasteiger partial charge is 0.540 e. The highest BCUT2D eigenvalue weighted by Crippen LogP contribution is 2.45. The molecule has 0 atom stereocenters. The molecule has 1 rings (SSSR count). The molecule has 1 aromatic rings. The van der Waals surface area contributed by atoms with Crippen LogP contribution in [-0.4, -0.2) is 15.4 Å². The van der Waals surface area contributed by atoms with Crippen LogP contribution in [0.4, 0.5) is 0 Å². The van der Waals surface area contributed by atoms with E-state index in [0.717, 1.165) is 16.0 Å². The fourth-order valence-electron chi connectivity index (χ4n) is 3.27. The maximum atomic E-state index is 6.67. The van der Waals surface area contributed by atoms with Crippen molar-refractivity contribution in [2.24, 2.45) is 0 Å². The molecule has 114 valence electrons. The van der Waals surface area contributed by atoms with Gasteiger partial charge in [-0.1, -0.05) is 57.5 Å². The number of halogens is 1. The highest BCUT2D eigenvalue weighted by atomic mass is 79.9. The zero-order valence-electron chi connectivity index (χ0n) is 13.7. The second kappa shape index (κ2) is 6.99. The minimum atomic E-state index is -1.94. The Morgan fingerprint density at radius 1 is 0.900 bits per heavy atom. The van der Waals surface area contributed by atoms with E-state index in [1.807, 2.05) is 18.2 Å². The minimum absolute atomic E-state index is 0.547. The Morgan fingerprint density at radius 3 is 1.80 bits per heavy atom. The van der Waals surface area contributed by atoms with Crippen LogP contribution in [0.15, 0.2) is 22.7 Å². The second-order valence-corrected chi connectivity index (χ2v) is 12.5. The minimum Gasteiger partial charge on any atom is -0.540 e. The molecular weight excluding hydrogens is 332 g/mol. The molecule has 0 unspecified atom stereocenters. The molecule has 0 bridgehead atoms. The van der Waals surface area contributed by atoms with Gasteiger partial charge in [-0.25, -0.2) is 0 Å². The van der Waals surface area contributed by atoms with Crippen molar-refractivity contribution in [3.63, 3.8) is 0 Å². The van der Waals surface area contributed by atoms with Crippen molar-refractivity contribution in [1.29, 1.82) is 0 Å². The maximum Gasteiger partial charge on any atom is 0.258 e. The zero-order chi connectivity index (χ0) is 15.5. The molecule has 20 heavy (non-hydrogen) atoms. The second-order valence-electron chi connectivity index (χ2n) is 6.21. The van der Waals surface area contributed by atoms with Gasteiger partial charge >= 0.3 is 0 Å². The smallest absolute Gasteiger partial charge is 0.258 e. The van der Waals surface area contributed by atoms with Crippen molar-refractivity contribution < 1.29 is 9.16 Å². The predicted molar refractivity (Wildman–Crippen MR) is 92.4 cm³/mol. The number of benzene rings is 1. The Balaban J connectivity index is 3.29. The first-order chi connectivity index (χ1) is 9.25. The van der Waals surface area contributed by atoms with E-state index in [1.54, 1.807) is 7.11 Å². The standard InChI is InChI=1S/C16H27BrO2Si/c1-11(2)20(12(3)4,13(5)6)19-16-10-14(17)8-9-15(16)18-7/h8-13H,1-7H3. The summed E-state index contributed by atoms with van der Waals surface area (Å²) in [6, 6.07) is 5.96. The van der Waals surface area contributed by atoms with Crippen LogP contribution in [0.2, 0.25) is 16.6 Å². The molecule has 0 saturated heterocycles. The van der Waals surface area contributed by atoms with Crippen LogP contribution in [0.1, 0.15) is 41.5 Å². The normalized spacial score (nSPS) is 12.3. The lowest BCUT2D eigenvalue weighted by atomic mass is 10.3. The number of rotatable bonds is 6. The highest BCUT2D eigenvalue weighted by molar-refractivity contribution is 9.10. The number of methoxy groups -OCH3 is 1. The van der Waals surface area contributed by atoms with E-state index in [-0.39, 0.29) is 0 Å². The summed E-state index contributed by atoms with van der Waals surface area (Å²) in [5.41, 5.74) is 1.64. The Hall–Kier alpha value is -0.483. The first-order valence-electron chi connectivity index (χ1n) is 7.28. The summed E-state index contributed by atoms with van der Waals surface area (Å²) < 4.78 is 13.2. The van der Waals surface area contributed by atoms with Crippen LogP contribution in [0.5, 0.6) is 11.5 Å². The highest BCUT2D eigenvalue weighted by Gasteiger charge is 2.47. The fourth-order valence-corrected chi connectivity index (χ4v) is 8.86. The molecule has 0 aliphatic carbocycles. The SMILES string of the molecule is COc1ccc(Br)cc1O[Si](C(C)C)(C(C)C)C(C)C. The van der Waals surface area contributed by atoms with E-state index in [1.165, 1.54) is 0 Å². The van der Waals surface area contributed by atoms with E-state index in [9.17, 15) is 0 Å². The molecule has 0 fully saturated rings. The van der Waals surface area contributed by atoms with Gasteiger partial charge in [0.1, 0.15) is 5.75 Å². The third kappa shape index (κ3) is 3.40. The molecule has 4 heteroatoms. The first-order valence-corrected chi connectivity index (χ1v) is 10.2. The average molecular weight is 359 g/mol. The van der Waals surface area contributed by atoms with Crippen LogP contribution < -0.4 is 9.16 Å². The summed E-state index contributed by atoms with van der Waals surface area (Å²) in [7, 11) is -0.246. The zero-order valence-corrected chi connectivity index (χ0v) is 16.2. The quantitative estimate of drug-likeness (QED) is 0.579. The van der Waals surface area contributed by atoms with E-state index in [0.29, 0.717) is 16.6 Å². The van der Waals surface area contributed by atoms with Crippen LogP contribution in [0.25, 0.3) is 0 Å². The van der Waals surface area contributed by atoms with Gasteiger partial charge in [-0.15, -0.1) is 0 Å². The number of hydrogen-bond acceptors (Lipinski definition) is 2. The van der Waals surface area contributed by atoms with Crippen LogP contribution in [0, 0.1) is 0 Å². The molecule has 0 saturated carbocycles. The third-order valence-electron chi connectivity index (χ3n) is 4.12. The molecule has 0 aliphatic rings. The van der Waals surface area contributed by atoms with Gasteiger partial charge in [-0.3, -0.25) is 0 Å². The summed E-state index contributed by atoms with van der Waals surface area (Å²) in [4.78, 5) is 0. The van der Waals surface area contributed by atoms with Crippen molar-refractivity contribution in [3.05, 3.63) is 22.7 Å². The summed E-state index contributed by atoms with van der Waals surface area (Å²) in [6.45, 7) is 13.7. The molecule has 2 nitrogen and oxygen atoms in total. The topological polar surface area (TPSA) is 18.5 Å². The van der Waals surface area contributed by atoms with Gasteiger partial charge in [0.15, 0.2) is 5.75 Å². The van der Waals surface area contributed by atoms with Crippen LogP contribution in [-0.2, 0) is 0 Å². The Morgan fingerprint density at radius 2 is 1.40 bits per heavy atom. The first kappa shape index (κ1) is 17.6. The van der Waals surface area contributed by atoms with Crippen LogP contribution in [0.3, 0.4) is 0 Å². The van der Waals surface area contributed by atoms with Gasteiger partial charge in [0, 0.05) is 4.47 Å². The molecular formula is C16H27BrO2Si. The summed E-state index contributed by atoms with van der Waals surface area (Å²) in [5, 5.41) is 0. The summed E-state index contributed by atoms with van der Waals surface area (Å²) in [6.07, 6.45) is 0. The van der Waals surface area contributed by atoms with Crippen molar-refractivity contribution in [1.82, 2.24) is 0 Å². The van der Waals surface area contributed by atoms with Crippen molar-refractivity contribution in [2.75, 3.05) is 7.11 Å². The molecule has 1 aromatic carbocycles. The van der Waals surface area contributed by atoms with E-state index >= 15 is 0 Å². The Labute approximate surface area is 133 Å². The lowest BCUT2D eigenvalue weighted by molar-refractivity contribution is 0.382. The van der Waals surface area contributed by atoms with Crippen molar-refractivity contribution in [2.45, 2.75) is 58.2 Å². The van der Waals surface area contributed by atoms with Gasteiger partial charge in [-0.2, -0.15) is 0 Å². The van der Waals surface area contributed by atoms with Gasteiger partial charge in [0.25, 0.3) is 8.32 Å². The van der Waals surface area contributed by atoms with Gasteiger partial charge in [0.05, 0.1) is 7.11 Å². The Kier molecular flexibility index (Phi) is 6.14. The molecule has 0 amide bonds.